The predicted molar refractivity (Wildman–Crippen MR) is 83.0 cm³/mol. The normalized spacial score (nSPS) is 23.9. The molecule has 0 N–H and O–H groups in total. The van der Waals surface area contributed by atoms with Gasteiger partial charge in [-0.15, -0.1) is 0 Å². The van der Waals surface area contributed by atoms with Crippen molar-refractivity contribution in [2.75, 3.05) is 7.11 Å². The smallest absolute Gasteiger partial charge is 0.308 e. The minimum atomic E-state index is -0.385. The Labute approximate surface area is 131 Å². The van der Waals surface area contributed by atoms with E-state index in [-0.39, 0.29) is 24.2 Å². The van der Waals surface area contributed by atoms with E-state index in [1.54, 1.807) is 6.92 Å². The molecule has 1 fully saturated rings. The summed E-state index contributed by atoms with van der Waals surface area (Å²) in [5.41, 5.74) is 3.90. The third-order valence-corrected chi connectivity index (χ3v) is 4.93. The number of nitrogens with zero attached hydrogens (tertiary/aromatic N) is 1. The van der Waals surface area contributed by atoms with E-state index in [0.717, 1.165) is 5.92 Å². The lowest BCUT2D eigenvalue weighted by Crippen LogP contribution is -2.29. The van der Waals surface area contributed by atoms with Crippen molar-refractivity contribution in [3.8, 4) is 0 Å². The van der Waals surface area contributed by atoms with Gasteiger partial charge in [-0.1, -0.05) is 32.0 Å². The molecule has 0 bridgehead atoms. The number of rotatable bonds is 4. The molecule has 1 heterocycles. The minimum absolute atomic E-state index is 0.0236. The summed E-state index contributed by atoms with van der Waals surface area (Å²) < 4.78 is 4.69. The van der Waals surface area contributed by atoms with E-state index >= 15 is 0 Å². The number of esters is 1. The van der Waals surface area contributed by atoms with Crippen LogP contribution in [0, 0.1) is 11.8 Å². The van der Waals surface area contributed by atoms with Crippen LogP contribution in [0.2, 0.25) is 0 Å². The molecule has 4 heteroatoms. The Hall–Kier alpha value is -1.84. The van der Waals surface area contributed by atoms with Crippen LogP contribution in [0.1, 0.15) is 49.3 Å². The second-order valence-corrected chi connectivity index (χ2v) is 6.73. The SMILES string of the molecule is COC(=O)[C@@H](C)CC(=O)N1Cc2ccc(C3CC3C)cc2C1. The molecule has 4 nitrogen and oxygen atoms in total. The zero-order chi connectivity index (χ0) is 15.9. The lowest BCUT2D eigenvalue weighted by atomic mass is 10.0. The highest BCUT2D eigenvalue weighted by Crippen LogP contribution is 2.47. The van der Waals surface area contributed by atoms with Crippen molar-refractivity contribution in [1.82, 2.24) is 4.90 Å². The summed E-state index contributed by atoms with van der Waals surface area (Å²) in [5, 5.41) is 0. The van der Waals surface area contributed by atoms with Gasteiger partial charge in [-0.05, 0) is 34.9 Å². The highest BCUT2D eigenvalue weighted by molar-refractivity contribution is 5.83. The third kappa shape index (κ3) is 2.87. The van der Waals surface area contributed by atoms with E-state index in [1.165, 1.54) is 30.2 Å². The maximum atomic E-state index is 12.3. The molecule has 118 valence electrons. The van der Waals surface area contributed by atoms with Crippen molar-refractivity contribution in [3.63, 3.8) is 0 Å². The molecule has 2 aliphatic rings. The minimum Gasteiger partial charge on any atom is -0.469 e. The number of hydrogen-bond donors (Lipinski definition) is 0. The molecule has 2 unspecified atom stereocenters. The second-order valence-electron chi connectivity index (χ2n) is 6.73. The van der Waals surface area contributed by atoms with Gasteiger partial charge in [-0.3, -0.25) is 9.59 Å². The molecule has 0 radical (unpaired) electrons. The van der Waals surface area contributed by atoms with Crippen LogP contribution in [-0.4, -0.2) is 23.9 Å². The molecule has 0 aromatic heterocycles. The largest absolute Gasteiger partial charge is 0.469 e. The highest BCUT2D eigenvalue weighted by Gasteiger charge is 2.35. The molecule has 1 aliphatic heterocycles. The van der Waals surface area contributed by atoms with Crippen molar-refractivity contribution in [2.24, 2.45) is 11.8 Å². The fraction of sp³-hybridized carbons (Fsp3) is 0.556. The fourth-order valence-corrected chi connectivity index (χ4v) is 3.28. The molecular formula is C18H23NO3. The monoisotopic (exact) mass is 301 g/mol. The van der Waals surface area contributed by atoms with E-state index in [2.05, 4.69) is 29.9 Å². The van der Waals surface area contributed by atoms with Crippen LogP contribution in [0.25, 0.3) is 0 Å². The van der Waals surface area contributed by atoms with Gasteiger partial charge < -0.3 is 9.64 Å². The fourth-order valence-electron chi connectivity index (χ4n) is 3.28. The first-order valence-corrected chi connectivity index (χ1v) is 7.97. The van der Waals surface area contributed by atoms with E-state index in [4.69, 9.17) is 0 Å². The maximum absolute atomic E-state index is 12.3. The molecule has 1 aliphatic carbocycles. The summed E-state index contributed by atoms with van der Waals surface area (Å²) in [6.07, 6.45) is 1.49. The summed E-state index contributed by atoms with van der Waals surface area (Å²) in [7, 11) is 1.36. The van der Waals surface area contributed by atoms with Gasteiger partial charge in [0.2, 0.25) is 5.91 Å². The van der Waals surface area contributed by atoms with Crippen LogP contribution in [0.3, 0.4) is 0 Å². The zero-order valence-electron chi connectivity index (χ0n) is 13.5. The number of hydrogen-bond acceptors (Lipinski definition) is 3. The average molecular weight is 301 g/mol. The summed E-state index contributed by atoms with van der Waals surface area (Å²) >= 11 is 0. The van der Waals surface area contributed by atoms with Crippen LogP contribution >= 0.6 is 0 Å². The Morgan fingerprint density at radius 1 is 1.32 bits per heavy atom. The average Bonchev–Trinajstić information content (AvgIpc) is 3.08. The standard InChI is InChI=1S/C18H23NO3/c1-11-6-16(11)13-4-5-14-9-19(10-15(14)8-13)17(20)7-12(2)18(21)22-3/h4-5,8,11-12,16H,6-7,9-10H2,1-3H3/t11?,12-,16?/m0/s1. The second kappa shape index (κ2) is 5.75. The van der Waals surface area contributed by atoms with Crippen LogP contribution < -0.4 is 0 Å². The molecule has 1 amide bonds. The lowest BCUT2D eigenvalue weighted by molar-refractivity contribution is -0.148. The summed E-state index contributed by atoms with van der Waals surface area (Å²) in [4.78, 5) is 25.6. The quantitative estimate of drug-likeness (QED) is 0.803. The lowest BCUT2D eigenvalue weighted by Gasteiger charge is -2.17. The van der Waals surface area contributed by atoms with Crippen molar-refractivity contribution in [2.45, 2.75) is 45.7 Å². The van der Waals surface area contributed by atoms with Gasteiger partial charge in [0.15, 0.2) is 0 Å². The van der Waals surface area contributed by atoms with Gasteiger partial charge in [-0.2, -0.15) is 0 Å². The summed E-state index contributed by atoms with van der Waals surface area (Å²) in [6, 6.07) is 6.63. The van der Waals surface area contributed by atoms with Gasteiger partial charge in [-0.25, -0.2) is 0 Å². The Kier molecular flexibility index (Phi) is 3.94. The molecule has 22 heavy (non-hydrogen) atoms. The van der Waals surface area contributed by atoms with Gasteiger partial charge in [0.25, 0.3) is 0 Å². The topological polar surface area (TPSA) is 46.6 Å². The molecular weight excluding hydrogens is 278 g/mol. The number of methoxy groups -OCH3 is 1. The van der Waals surface area contributed by atoms with Crippen molar-refractivity contribution < 1.29 is 14.3 Å². The van der Waals surface area contributed by atoms with Gasteiger partial charge in [0.1, 0.15) is 0 Å². The van der Waals surface area contributed by atoms with E-state index in [0.29, 0.717) is 19.0 Å². The number of carbonyl (C=O) groups excluding carboxylic acids is 2. The van der Waals surface area contributed by atoms with Gasteiger partial charge in [0.05, 0.1) is 13.0 Å². The highest BCUT2D eigenvalue weighted by atomic mass is 16.5. The van der Waals surface area contributed by atoms with Crippen LogP contribution in [0.4, 0.5) is 0 Å². The number of carbonyl (C=O) groups is 2. The number of benzene rings is 1. The Morgan fingerprint density at radius 3 is 2.64 bits per heavy atom. The molecule has 3 rings (SSSR count). The Bertz CT molecular complexity index is 610. The van der Waals surface area contributed by atoms with Gasteiger partial charge in [0, 0.05) is 19.5 Å². The van der Waals surface area contributed by atoms with Crippen LogP contribution in [0.5, 0.6) is 0 Å². The zero-order valence-corrected chi connectivity index (χ0v) is 13.5. The summed E-state index contributed by atoms with van der Waals surface area (Å²) in [6.45, 7) is 5.33. The molecule has 1 aromatic rings. The molecule has 1 saturated carbocycles. The first-order valence-electron chi connectivity index (χ1n) is 7.97. The first kappa shape index (κ1) is 15.1. The third-order valence-electron chi connectivity index (χ3n) is 4.93. The van der Waals surface area contributed by atoms with Crippen LogP contribution in [-0.2, 0) is 27.4 Å². The molecule has 0 spiro atoms. The van der Waals surface area contributed by atoms with E-state index in [9.17, 15) is 9.59 Å². The Balaban J connectivity index is 1.64. The predicted octanol–water partition coefficient (Wildman–Crippen LogP) is 2.85. The molecule has 0 saturated heterocycles. The molecule has 1 aromatic carbocycles. The first-order chi connectivity index (χ1) is 10.5. The summed E-state index contributed by atoms with van der Waals surface area (Å²) in [5.74, 6) is 0.807. The maximum Gasteiger partial charge on any atom is 0.308 e. The Morgan fingerprint density at radius 2 is 2.00 bits per heavy atom. The van der Waals surface area contributed by atoms with Crippen molar-refractivity contribution in [3.05, 3.63) is 34.9 Å². The number of amides is 1. The van der Waals surface area contributed by atoms with E-state index in [1.807, 2.05) is 4.90 Å². The number of ether oxygens (including phenoxy) is 1. The number of fused-ring (bicyclic) bond motifs is 1. The van der Waals surface area contributed by atoms with Crippen LogP contribution in [0.15, 0.2) is 18.2 Å². The van der Waals surface area contributed by atoms with Crippen molar-refractivity contribution in [1.29, 1.82) is 0 Å². The van der Waals surface area contributed by atoms with E-state index < -0.39 is 0 Å². The van der Waals surface area contributed by atoms with Crippen molar-refractivity contribution >= 4 is 11.9 Å². The molecule has 3 atom stereocenters. The van der Waals surface area contributed by atoms with Gasteiger partial charge >= 0.3 is 5.97 Å².